The Labute approximate surface area is 197 Å². The summed E-state index contributed by atoms with van der Waals surface area (Å²) in [7, 11) is 4.39. The van der Waals surface area contributed by atoms with E-state index in [-0.39, 0.29) is 17.4 Å². The number of nitrogens with two attached hydrogens (primary N) is 1. The van der Waals surface area contributed by atoms with E-state index in [1.54, 1.807) is 42.5 Å². The molecule has 0 radical (unpaired) electrons. The molecule has 0 aliphatic rings. The summed E-state index contributed by atoms with van der Waals surface area (Å²) in [6, 6.07) is 17.1. The number of hydrogen-bond acceptors (Lipinski definition) is 6. The highest BCUT2D eigenvalue weighted by molar-refractivity contribution is 6.07. The Bertz CT molecular complexity index is 1200. The van der Waals surface area contributed by atoms with E-state index in [0.717, 1.165) is 5.56 Å². The average molecular weight is 463 g/mol. The van der Waals surface area contributed by atoms with E-state index in [1.165, 1.54) is 33.5 Å². The van der Waals surface area contributed by atoms with Gasteiger partial charge in [-0.3, -0.25) is 14.9 Å². The van der Waals surface area contributed by atoms with Crippen molar-refractivity contribution in [1.29, 1.82) is 0 Å². The number of nitrogens with zero attached hydrogens (tertiary/aromatic N) is 1. The Hall–Kier alpha value is -4.53. The summed E-state index contributed by atoms with van der Waals surface area (Å²) in [6.07, 6.45) is 0. The predicted octanol–water partition coefficient (Wildman–Crippen LogP) is 3.65. The molecule has 0 aliphatic carbocycles. The number of ether oxygens (including phenoxy) is 3. The van der Waals surface area contributed by atoms with E-state index in [9.17, 15) is 9.59 Å². The van der Waals surface area contributed by atoms with E-state index in [1.807, 2.05) is 13.0 Å². The van der Waals surface area contributed by atoms with Crippen molar-refractivity contribution in [3.8, 4) is 17.2 Å². The first kappa shape index (κ1) is 24.1. The molecule has 9 heteroatoms. The number of guanidine groups is 1. The highest BCUT2D eigenvalue weighted by atomic mass is 16.5. The van der Waals surface area contributed by atoms with Crippen molar-refractivity contribution in [2.45, 2.75) is 6.92 Å². The number of aliphatic imine (C=N–C) groups is 1. The Balaban J connectivity index is 1.78. The molecule has 34 heavy (non-hydrogen) atoms. The summed E-state index contributed by atoms with van der Waals surface area (Å²) in [5, 5.41) is 5.40. The van der Waals surface area contributed by atoms with Gasteiger partial charge in [0.25, 0.3) is 11.8 Å². The second-order valence-electron chi connectivity index (χ2n) is 7.18. The molecule has 0 saturated heterocycles. The van der Waals surface area contributed by atoms with Gasteiger partial charge in [0, 0.05) is 16.8 Å². The molecule has 0 saturated carbocycles. The van der Waals surface area contributed by atoms with Gasteiger partial charge in [0.2, 0.25) is 11.7 Å². The summed E-state index contributed by atoms with van der Waals surface area (Å²) in [4.78, 5) is 29.5. The Kier molecular flexibility index (Phi) is 7.71. The molecule has 0 atom stereocenters. The lowest BCUT2D eigenvalue weighted by Crippen LogP contribution is -2.36. The van der Waals surface area contributed by atoms with Crippen molar-refractivity contribution in [1.82, 2.24) is 5.32 Å². The maximum absolute atomic E-state index is 12.7. The fourth-order valence-corrected chi connectivity index (χ4v) is 3.17. The van der Waals surface area contributed by atoms with Gasteiger partial charge in [-0.1, -0.05) is 24.3 Å². The van der Waals surface area contributed by atoms with Crippen molar-refractivity contribution in [2.24, 2.45) is 10.7 Å². The Morgan fingerprint density at radius 3 is 2.06 bits per heavy atom. The summed E-state index contributed by atoms with van der Waals surface area (Å²) in [5.41, 5.74) is 8.63. The van der Waals surface area contributed by atoms with Gasteiger partial charge in [-0.05, 0) is 48.9 Å². The summed E-state index contributed by atoms with van der Waals surface area (Å²) < 4.78 is 15.8. The van der Waals surface area contributed by atoms with Crippen molar-refractivity contribution in [2.75, 3.05) is 26.6 Å². The number of hydrogen-bond donors (Lipinski definition) is 3. The molecule has 0 aliphatic heterocycles. The van der Waals surface area contributed by atoms with Crippen LogP contribution in [0, 0.1) is 6.92 Å². The molecule has 0 aromatic heterocycles. The molecule has 9 nitrogen and oxygen atoms in total. The Morgan fingerprint density at radius 2 is 1.47 bits per heavy atom. The molecule has 4 N–H and O–H groups in total. The topological polar surface area (TPSA) is 124 Å². The van der Waals surface area contributed by atoms with Gasteiger partial charge < -0.3 is 25.3 Å². The van der Waals surface area contributed by atoms with Gasteiger partial charge in [-0.15, -0.1) is 0 Å². The lowest BCUT2D eigenvalue weighted by atomic mass is 10.1. The molecule has 0 spiro atoms. The second kappa shape index (κ2) is 10.9. The van der Waals surface area contributed by atoms with E-state index in [2.05, 4.69) is 15.6 Å². The number of rotatable bonds is 7. The van der Waals surface area contributed by atoms with Gasteiger partial charge in [-0.2, -0.15) is 0 Å². The van der Waals surface area contributed by atoms with Crippen LogP contribution in [0.4, 0.5) is 11.4 Å². The first-order valence-corrected chi connectivity index (χ1v) is 10.3. The molecular weight excluding hydrogens is 436 g/mol. The van der Waals surface area contributed by atoms with Crippen LogP contribution in [0.2, 0.25) is 0 Å². The highest BCUT2D eigenvalue weighted by Gasteiger charge is 2.17. The molecule has 0 fully saturated rings. The number of amides is 2. The van der Waals surface area contributed by atoms with Gasteiger partial charge in [0.1, 0.15) is 0 Å². The lowest BCUT2D eigenvalue weighted by Gasteiger charge is -2.14. The molecule has 3 aromatic carbocycles. The molecule has 0 unspecified atom stereocenters. The molecular formula is C25H26N4O5. The van der Waals surface area contributed by atoms with Crippen molar-refractivity contribution in [3.63, 3.8) is 0 Å². The zero-order valence-electron chi connectivity index (χ0n) is 19.3. The summed E-state index contributed by atoms with van der Waals surface area (Å²) in [6.45, 7) is 1.86. The van der Waals surface area contributed by atoms with Gasteiger partial charge in [0.05, 0.1) is 27.0 Å². The second-order valence-corrected chi connectivity index (χ2v) is 7.18. The molecule has 0 heterocycles. The van der Waals surface area contributed by atoms with Crippen LogP contribution in [0.15, 0.2) is 65.7 Å². The third kappa shape index (κ3) is 5.63. The minimum absolute atomic E-state index is 0.122. The predicted molar refractivity (Wildman–Crippen MR) is 130 cm³/mol. The fourth-order valence-electron chi connectivity index (χ4n) is 3.17. The zero-order valence-corrected chi connectivity index (χ0v) is 19.3. The van der Waals surface area contributed by atoms with Crippen LogP contribution in [0.1, 0.15) is 26.3 Å². The standard InChI is InChI=1S/C25H26N4O5/c1-15-10-11-18(14-19(15)28-23(30)16-8-6-5-7-9-16)27-25(26)29-24(31)17-12-20(32-2)22(34-4)21(13-17)33-3/h5-14H,1-4H3,(H,28,30)(H3,26,27,29,31). The fraction of sp³-hybridized carbons (Fsp3) is 0.160. The number of carbonyl (C=O) groups excluding carboxylic acids is 2. The summed E-state index contributed by atoms with van der Waals surface area (Å²) in [5.74, 6) is 0.161. The minimum Gasteiger partial charge on any atom is -0.493 e. The first-order chi connectivity index (χ1) is 16.4. The van der Waals surface area contributed by atoms with Crippen LogP contribution in [0.3, 0.4) is 0 Å². The average Bonchev–Trinajstić information content (AvgIpc) is 2.85. The maximum atomic E-state index is 12.7. The van der Waals surface area contributed by atoms with E-state index < -0.39 is 5.91 Å². The molecule has 3 rings (SSSR count). The van der Waals surface area contributed by atoms with Crippen LogP contribution in [0.25, 0.3) is 0 Å². The SMILES string of the molecule is COc1cc(C(=O)NC(N)=Nc2ccc(C)c(NC(=O)c3ccccc3)c2)cc(OC)c1OC. The number of aryl methyl sites for hydroxylation is 1. The number of benzene rings is 3. The van der Waals surface area contributed by atoms with Gasteiger partial charge >= 0.3 is 0 Å². The van der Waals surface area contributed by atoms with Gasteiger partial charge in [-0.25, -0.2) is 4.99 Å². The molecule has 3 aromatic rings. The quantitative estimate of drug-likeness (QED) is 0.364. The first-order valence-electron chi connectivity index (χ1n) is 10.3. The number of anilines is 1. The van der Waals surface area contributed by atoms with Gasteiger partial charge in [0.15, 0.2) is 11.5 Å². The van der Waals surface area contributed by atoms with E-state index in [0.29, 0.717) is 34.2 Å². The van der Waals surface area contributed by atoms with Crippen LogP contribution >= 0.6 is 0 Å². The van der Waals surface area contributed by atoms with Crippen molar-refractivity contribution < 1.29 is 23.8 Å². The van der Waals surface area contributed by atoms with Crippen molar-refractivity contribution in [3.05, 3.63) is 77.4 Å². The monoisotopic (exact) mass is 462 g/mol. The number of methoxy groups -OCH3 is 3. The summed E-state index contributed by atoms with van der Waals surface area (Å²) >= 11 is 0. The smallest absolute Gasteiger partial charge is 0.258 e. The van der Waals surface area contributed by atoms with Crippen LogP contribution in [0.5, 0.6) is 17.2 Å². The Morgan fingerprint density at radius 1 is 0.824 bits per heavy atom. The highest BCUT2D eigenvalue weighted by Crippen LogP contribution is 2.38. The number of nitrogens with one attached hydrogen (secondary N) is 2. The van der Waals surface area contributed by atoms with Crippen molar-refractivity contribution >= 4 is 29.1 Å². The van der Waals surface area contributed by atoms with E-state index >= 15 is 0 Å². The minimum atomic E-state index is -0.509. The normalized spacial score (nSPS) is 10.9. The number of carbonyl (C=O) groups is 2. The maximum Gasteiger partial charge on any atom is 0.258 e. The lowest BCUT2D eigenvalue weighted by molar-refractivity contribution is 0.0974. The molecule has 2 amide bonds. The third-order valence-corrected chi connectivity index (χ3v) is 4.92. The third-order valence-electron chi connectivity index (χ3n) is 4.92. The molecule has 176 valence electrons. The van der Waals surface area contributed by atoms with E-state index in [4.69, 9.17) is 19.9 Å². The molecule has 0 bridgehead atoms. The zero-order chi connectivity index (χ0) is 24.7. The van der Waals surface area contributed by atoms with Crippen LogP contribution < -0.4 is 30.6 Å². The largest absolute Gasteiger partial charge is 0.493 e. The van der Waals surface area contributed by atoms with Crippen LogP contribution in [-0.2, 0) is 0 Å². The van der Waals surface area contributed by atoms with Crippen LogP contribution in [-0.4, -0.2) is 39.1 Å².